The molecule has 3 heteroatoms. The number of methoxy groups -OCH3 is 2. The molecular formula is C14H20O3. The van der Waals surface area contributed by atoms with Gasteiger partial charge in [0.1, 0.15) is 5.75 Å². The van der Waals surface area contributed by atoms with Crippen LogP contribution in [0.15, 0.2) is 12.1 Å². The van der Waals surface area contributed by atoms with Crippen molar-refractivity contribution in [1.82, 2.24) is 0 Å². The molecule has 0 amide bonds. The fraction of sp³-hybridized carbons (Fsp3) is 0.500. The molecule has 3 nitrogen and oxygen atoms in total. The summed E-state index contributed by atoms with van der Waals surface area (Å²) in [6.07, 6.45) is 0. The van der Waals surface area contributed by atoms with Gasteiger partial charge in [-0.3, -0.25) is 4.79 Å². The fourth-order valence-corrected chi connectivity index (χ4v) is 1.81. The summed E-state index contributed by atoms with van der Waals surface area (Å²) in [5.74, 6) is 0.461. The van der Waals surface area contributed by atoms with Crippen LogP contribution in [0.5, 0.6) is 5.75 Å². The van der Waals surface area contributed by atoms with Gasteiger partial charge >= 0.3 is 5.97 Å². The van der Waals surface area contributed by atoms with Crippen molar-refractivity contribution >= 4 is 5.97 Å². The van der Waals surface area contributed by atoms with E-state index in [0.717, 1.165) is 22.4 Å². The number of benzene rings is 1. The van der Waals surface area contributed by atoms with Gasteiger partial charge < -0.3 is 9.47 Å². The van der Waals surface area contributed by atoms with Crippen molar-refractivity contribution in [2.45, 2.75) is 33.1 Å². The Hall–Kier alpha value is -1.51. The summed E-state index contributed by atoms with van der Waals surface area (Å²) >= 11 is 0. The van der Waals surface area contributed by atoms with Gasteiger partial charge in [-0.15, -0.1) is 0 Å². The number of ether oxygens (including phenoxy) is 2. The van der Waals surface area contributed by atoms with Crippen molar-refractivity contribution in [3.63, 3.8) is 0 Å². The van der Waals surface area contributed by atoms with E-state index in [9.17, 15) is 4.79 Å². The van der Waals surface area contributed by atoms with Crippen LogP contribution >= 0.6 is 0 Å². The van der Waals surface area contributed by atoms with Crippen molar-refractivity contribution < 1.29 is 14.3 Å². The molecule has 1 aromatic rings. The van der Waals surface area contributed by atoms with Crippen LogP contribution in [0.1, 0.15) is 30.5 Å². The van der Waals surface area contributed by atoms with Gasteiger partial charge in [-0.1, -0.05) is 6.07 Å². The molecule has 0 radical (unpaired) electrons. The summed E-state index contributed by atoms with van der Waals surface area (Å²) in [5.41, 5.74) is 2.43. The molecule has 0 atom stereocenters. The number of carbonyl (C=O) groups is 1. The molecule has 0 N–H and O–H groups in total. The van der Waals surface area contributed by atoms with Crippen LogP contribution in [-0.2, 0) is 14.9 Å². The highest BCUT2D eigenvalue weighted by Crippen LogP contribution is 2.34. The summed E-state index contributed by atoms with van der Waals surface area (Å²) in [7, 11) is 3.01. The molecular weight excluding hydrogens is 216 g/mol. The number of esters is 1. The predicted molar refractivity (Wildman–Crippen MR) is 67.5 cm³/mol. The first-order chi connectivity index (χ1) is 7.84. The predicted octanol–water partition coefficient (Wildman–Crippen LogP) is 2.76. The Kier molecular flexibility index (Phi) is 3.81. The highest BCUT2D eigenvalue weighted by atomic mass is 16.5. The molecule has 0 spiro atoms. The van der Waals surface area contributed by atoms with E-state index in [4.69, 9.17) is 9.47 Å². The highest BCUT2D eigenvalue weighted by Gasteiger charge is 2.34. The van der Waals surface area contributed by atoms with Crippen molar-refractivity contribution in [1.29, 1.82) is 0 Å². The Morgan fingerprint density at radius 2 is 1.65 bits per heavy atom. The summed E-state index contributed by atoms with van der Waals surface area (Å²) in [6.45, 7) is 7.72. The van der Waals surface area contributed by atoms with Gasteiger partial charge in [-0.2, -0.15) is 0 Å². The minimum atomic E-state index is -0.710. The van der Waals surface area contributed by atoms with Gasteiger partial charge in [-0.25, -0.2) is 0 Å². The molecule has 0 fully saturated rings. The summed E-state index contributed by atoms with van der Waals surface area (Å²) in [6, 6.07) is 3.94. The van der Waals surface area contributed by atoms with E-state index in [1.807, 2.05) is 39.8 Å². The normalized spacial score (nSPS) is 11.2. The van der Waals surface area contributed by atoms with Crippen LogP contribution in [0, 0.1) is 13.8 Å². The maximum absolute atomic E-state index is 11.8. The zero-order chi connectivity index (χ0) is 13.2. The third-order valence-corrected chi connectivity index (χ3v) is 3.18. The van der Waals surface area contributed by atoms with Crippen molar-refractivity contribution in [2.75, 3.05) is 14.2 Å². The van der Waals surface area contributed by atoms with E-state index in [1.54, 1.807) is 7.11 Å². The van der Waals surface area contributed by atoms with E-state index >= 15 is 0 Å². The molecule has 0 saturated carbocycles. The van der Waals surface area contributed by atoms with E-state index in [-0.39, 0.29) is 5.97 Å². The molecule has 0 unspecified atom stereocenters. The van der Waals surface area contributed by atoms with Gasteiger partial charge in [-0.05, 0) is 44.9 Å². The monoisotopic (exact) mass is 236 g/mol. The molecule has 17 heavy (non-hydrogen) atoms. The summed E-state index contributed by atoms with van der Waals surface area (Å²) in [5, 5.41) is 0. The van der Waals surface area contributed by atoms with E-state index < -0.39 is 5.41 Å². The first kappa shape index (κ1) is 13.6. The Balaban J connectivity index is 3.39. The second kappa shape index (κ2) is 4.78. The molecule has 0 aromatic heterocycles. The molecule has 0 saturated heterocycles. The smallest absolute Gasteiger partial charge is 0.315 e. The molecule has 0 aliphatic rings. The number of rotatable bonds is 3. The van der Waals surface area contributed by atoms with Gasteiger partial charge in [0.25, 0.3) is 0 Å². The SMILES string of the molecule is COC(=O)C(C)(C)c1cc(C)c(C)cc1OC. The van der Waals surface area contributed by atoms with Crippen LogP contribution in [0.25, 0.3) is 0 Å². The number of carbonyl (C=O) groups excluding carboxylic acids is 1. The quantitative estimate of drug-likeness (QED) is 0.757. The maximum Gasteiger partial charge on any atom is 0.315 e. The Labute approximate surface area is 103 Å². The fourth-order valence-electron chi connectivity index (χ4n) is 1.81. The average molecular weight is 236 g/mol. The summed E-state index contributed by atoms with van der Waals surface area (Å²) in [4.78, 5) is 11.8. The second-order valence-electron chi connectivity index (χ2n) is 4.75. The topological polar surface area (TPSA) is 35.5 Å². The molecule has 1 aromatic carbocycles. The Bertz CT molecular complexity index is 433. The first-order valence-electron chi connectivity index (χ1n) is 5.58. The first-order valence-corrected chi connectivity index (χ1v) is 5.58. The van der Waals surface area contributed by atoms with Gasteiger partial charge in [0.05, 0.1) is 19.6 Å². The van der Waals surface area contributed by atoms with E-state index in [1.165, 1.54) is 7.11 Å². The molecule has 0 bridgehead atoms. The maximum atomic E-state index is 11.8. The van der Waals surface area contributed by atoms with Crippen molar-refractivity contribution in [2.24, 2.45) is 0 Å². The third-order valence-electron chi connectivity index (χ3n) is 3.18. The largest absolute Gasteiger partial charge is 0.496 e. The van der Waals surface area contributed by atoms with Crippen LogP contribution in [-0.4, -0.2) is 20.2 Å². The number of hydrogen-bond acceptors (Lipinski definition) is 3. The third kappa shape index (κ3) is 2.43. The molecule has 0 aliphatic heterocycles. The van der Waals surface area contributed by atoms with Gasteiger partial charge in [0.15, 0.2) is 0 Å². The van der Waals surface area contributed by atoms with Gasteiger partial charge in [0, 0.05) is 5.56 Å². The molecule has 94 valence electrons. The minimum absolute atomic E-state index is 0.265. The zero-order valence-electron chi connectivity index (χ0n) is 11.4. The van der Waals surface area contributed by atoms with E-state index in [2.05, 4.69) is 0 Å². The number of aryl methyl sites for hydroxylation is 2. The Morgan fingerprint density at radius 1 is 1.12 bits per heavy atom. The van der Waals surface area contributed by atoms with Gasteiger partial charge in [0.2, 0.25) is 0 Å². The van der Waals surface area contributed by atoms with Crippen LogP contribution < -0.4 is 4.74 Å². The Morgan fingerprint density at radius 3 is 2.12 bits per heavy atom. The minimum Gasteiger partial charge on any atom is -0.496 e. The number of hydrogen-bond donors (Lipinski definition) is 0. The highest BCUT2D eigenvalue weighted by molar-refractivity contribution is 5.83. The molecule has 0 aliphatic carbocycles. The lowest BCUT2D eigenvalue weighted by Gasteiger charge is -2.25. The lowest BCUT2D eigenvalue weighted by Crippen LogP contribution is -2.30. The van der Waals surface area contributed by atoms with Crippen LogP contribution in [0.4, 0.5) is 0 Å². The standard InChI is InChI=1S/C14H20O3/c1-9-7-11(12(16-5)8-10(9)2)14(3,4)13(15)17-6/h7-8H,1-6H3. The van der Waals surface area contributed by atoms with E-state index in [0.29, 0.717) is 0 Å². The molecule has 1 rings (SSSR count). The second-order valence-corrected chi connectivity index (χ2v) is 4.75. The van der Waals surface area contributed by atoms with Crippen LogP contribution in [0.2, 0.25) is 0 Å². The molecule has 0 heterocycles. The van der Waals surface area contributed by atoms with Crippen LogP contribution in [0.3, 0.4) is 0 Å². The zero-order valence-corrected chi connectivity index (χ0v) is 11.4. The average Bonchev–Trinajstić information content (AvgIpc) is 2.30. The lowest BCUT2D eigenvalue weighted by molar-refractivity contribution is -0.146. The van der Waals surface area contributed by atoms with Crippen molar-refractivity contribution in [3.05, 3.63) is 28.8 Å². The van der Waals surface area contributed by atoms with Crippen molar-refractivity contribution in [3.8, 4) is 5.75 Å². The lowest BCUT2D eigenvalue weighted by atomic mass is 9.82. The summed E-state index contributed by atoms with van der Waals surface area (Å²) < 4.78 is 10.2.